The van der Waals surface area contributed by atoms with Crippen molar-refractivity contribution in [1.82, 2.24) is 0 Å². The number of ether oxygens (including phenoxy) is 3. The van der Waals surface area contributed by atoms with Gasteiger partial charge in [-0.1, -0.05) is 26.0 Å². The van der Waals surface area contributed by atoms with Crippen molar-refractivity contribution in [2.24, 2.45) is 5.92 Å². The molecule has 0 bridgehead atoms. The molecule has 3 aliphatic carbocycles. The van der Waals surface area contributed by atoms with Crippen LogP contribution in [0.2, 0.25) is 0 Å². The van der Waals surface area contributed by atoms with Gasteiger partial charge in [0.15, 0.2) is 22.8 Å². The Hall–Kier alpha value is -4.50. The lowest BCUT2D eigenvalue weighted by atomic mass is 9.73. The SMILES string of the molecule is CC(=O)O[C@@H]1C2=C(C3=C(O)c4cccc(O)c4C(=O)C3=C2[N+]#N)[C@H](O)[C@@H](OC(C)=O)[C@]1(C)OC(=O)C(C)C. The molecule has 1 aromatic carbocycles. The molecular weight excluding hydrogens is 500 g/mol. The quantitative estimate of drug-likeness (QED) is 0.298. The number of allylic oxidation sites excluding steroid dienone is 1. The summed E-state index contributed by atoms with van der Waals surface area (Å²) in [5, 5.41) is 43.2. The van der Waals surface area contributed by atoms with Gasteiger partial charge in [0.1, 0.15) is 23.2 Å². The minimum absolute atomic E-state index is 0.0698. The normalized spacial score (nSPS) is 25.9. The summed E-state index contributed by atoms with van der Waals surface area (Å²) in [5.74, 6) is -5.11. The third-order valence-electron chi connectivity index (χ3n) is 6.69. The van der Waals surface area contributed by atoms with Crippen molar-refractivity contribution in [2.45, 2.75) is 58.5 Å². The molecule has 4 atom stereocenters. The van der Waals surface area contributed by atoms with Crippen molar-refractivity contribution in [3.8, 4) is 5.75 Å². The first-order valence-electron chi connectivity index (χ1n) is 11.7. The van der Waals surface area contributed by atoms with E-state index in [1.165, 1.54) is 39.0 Å². The van der Waals surface area contributed by atoms with Gasteiger partial charge in [-0.15, -0.1) is 0 Å². The van der Waals surface area contributed by atoms with Crippen LogP contribution in [0, 0.1) is 11.3 Å². The summed E-state index contributed by atoms with van der Waals surface area (Å²) in [5.41, 5.74) is -4.06. The van der Waals surface area contributed by atoms with E-state index in [1.54, 1.807) is 0 Å². The first kappa shape index (κ1) is 26.6. The maximum Gasteiger partial charge on any atom is 0.404 e. The molecule has 1 aromatic rings. The summed E-state index contributed by atoms with van der Waals surface area (Å²) in [7, 11) is 0. The number of phenolic OH excluding ortho intramolecular Hbond substituents is 1. The fraction of sp³-hybridized carbons (Fsp3) is 0.385. The van der Waals surface area contributed by atoms with E-state index in [0.717, 1.165) is 13.8 Å². The van der Waals surface area contributed by atoms with E-state index < -0.39 is 76.3 Å². The number of carbonyl (C=O) groups is 4. The Morgan fingerprint density at radius 3 is 2.24 bits per heavy atom. The number of Topliss-reactive ketones (excluding diaryl/α,β-unsaturated/α-hetero) is 1. The molecule has 0 aliphatic heterocycles. The number of carbonyl (C=O) groups excluding carboxylic acids is 4. The molecule has 0 amide bonds. The molecule has 0 saturated heterocycles. The van der Waals surface area contributed by atoms with E-state index in [4.69, 9.17) is 14.2 Å². The number of phenols is 1. The lowest BCUT2D eigenvalue weighted by Crippen LogP contribution is -2.63. The number of aromatic hydroxyl groups is 1. The molecule has 0 heterocycles. The molecule has 0 spiro atoms. The number of ketones is 1. The summed E-state index contributed by atoms with van der Waals surface area (Å²) in [4.78, 5) is 53.9. The number of aliphatic hydroxyl groups excluding tert-OH is 2. The number of benzene rings is 1. The van der Waals surface area contributed by atoms with Crippen LogP contribution in [-0.2, 0) is 28.6 Å². The molecule has 0 saturated carbocycles. The Morgan fingerprint density at radius 1 is 1.05 bits per heavy atom. The number of aliphatic hydroxyl groups is 2. The highest BCUT2D eigenvalue weighted by Gasteiger charge is 2.66. The second-order valence-corrected chi connectivity index (χ2v) is 9.63. The average Bonchev–Trinajstić information content (AvgIpc) is 3.18. The zero-order valence-electron chi connectivity index (χ0n) is 21.1. The van der Waals surface area contributed by atoms with Gasteiger partial charge in [-0.3, -0.25) is 19.2 Å². The topological polar surface area (TPSA) is 185 Å². The van der Waals surface area contributed by atoms with E-state index in [1.807, 2.05) is 0 Å². The summed E-state index contributed by atoms with van der Waals surface area (Å²) < 4.78 is 16.6. The second kappa shape index (κ2) is 9.11. The largest absolute Gasteiger partial charge is 0.507 e. The van der Waals surface area contributed by atoms with Gasteiger partial charge in [0.2, 0.25) is 11.2 Å². The predicted octanol–water partition coefficient (Wildman–Crippen LogP) is 2.47. The number of nitrogens with zero attached hydrogens (tertiary/aromatic N) is 2. The zero-order chi connectivity index (χ0) is 28.3. The predicted molar refractivity (Wildman–Crippen MR) is 128 cm³/mol. The van der Waals surface area contributed by atoms with Crippen LogP contribution in [0.5, 0.6) is 5.75 Å². The van der Waals surface area contributed by atoms with Crippen LogP contribution in [0.25, 0.3) is 10.7 Å². The lowest BCUT2D eigenvalue weighted by Gasteiger charge is -2.46. The fourth-order valence-corrected chi connectivity index (χ4v) is 5.08. The van der Waals surface area contributed by atoms with Gasteiger partial charge in [0, 0.05) is 30.6 Å². The Labute approximate surface area is 216 Å². The second-order valence-electron chi connectivity index (χ2n) is 9.63. The Morgan fingerprint density at radius 2 is 1.68 bits per heavy atom. The Balaban J connectivity index is 2.09. The van der Waals surface area contributed by atoms with Gasteiger partial charge in [-0.25, -0.2) is 0 Å². The lowest BCUT2D eigenvalue weighted by molar-refractivity contribution is -0.220. The number of rotatable bonds is 4. The minimum Gasteiger partial charge on any atom is -0.507 e. The van der Waals surface area contributed by atoms with Crippen LogP contribution in [0.3, 0.4) is 0 Å². The van der Waals surface area contributed by atoms with Crippen LogP contribution >= 0.6 is 0 Å². The number of diazo groups is 1. The molecule has 12 nitrogen and oxygen atoms in total. The van der Waals surface area contributed by atoms with Gasteiger partial charge in [-0.2, -0.15) is 0 Å². The van der Waals surface area contributed by atoms with Crippen molar-refractivity contribution in [3.05, 3.63) is 62.3 Å². The fourth-order valence-electron chi connectivity index (χ4n) is 5.08. The molecule has 3 N–H and O–H groups in total. The van der Waals surface area contributed by atoms with Gasteiger partial charge in [-0.05, 0) is 13.0 Å². The number of hydrogen-bond donors (Lipinski definition) is 3. The maximum atomic E-state index is 13.6. The summed E-state index contributed by atoms with van der Waals surface area (Å²) in [6.07, 6.45) is -5.21. The number of hydrogen-bond acceptors (Lipinski definition) is 11. The van der Waals surface area contributed by atoms with Gasteiger partial charge in [0.25, 0.3) is 0 Å². The highest BCUT2D eigenvalue weighted by Crippen LogP contribution is 2.55. The standard InChI is InChI=1S/C26H24N2O10/c1-9(2)25(35)38-26(5)23(36-10(3)29)18-16(22(34)24(26)37-11(4)30)15-17(19(18)28-27)21(33)14-12(20(15)32)7-6-8-13(14)31/h6-9,22-24,34H,1-5H3,(H-,31,32,33)/p+1/t22-,23+,24+,26+/m0/s1. The van der Waals surface area contributed by atoms with Crippen molar-refractivity contribution in [3.63, 3.8) is 0 Å². The van der Waals surface area contributed by atoms with Crippen LogP contribution in [0.15, 0.2) is 46.2 Å². The van der Waals surface area contributed by atoms with Crippen molar-refractivity contribution in [1.29, 1.82) is 5.39 Å². The summed E-state index contributed by atoms with van der Waals surface area (Å²) in [6.45, 7) is 6.43. The van der Waals surface area contributed by atoms with Gasteiger partial charge >= 0.3 is 23.6 Å². The monoisotopic (exact) mass is 525 g/mol. The summed E-state index contributed by atoms with van der Waals surface area (Å²) >= 11 is 0. The Kier molecular flexibility index (Phi) is 6.37. The first-order valence-corrected chi connectivity index (χ1v) is 11.7. The van der Waals surface area contributed by atoms with Crippen LogP contribution < -0.4 is 0 Å². The van der Waals surface area contributed by atoms with Gasteiger partial charge < -0.3 is 29.5 Å². The minimum atomic E-state index is -2.07. The van der Waals surface area contributed by atoms with Crippen molar-refractivity contribution >= 4 is 29.5 Å². The van der Waals surface area contributed by atoms with Crippen molar-refractivity contribution in [2.75, 3.05) is 0 Å². The highest BCUT2D eigenvalue weighted by molar-refractivity contribution is 6.22. The molecule has 198 valence electrons. The van der Waals surface area contributed by atoms with E-state index in [9.17, 15) is 39.9 Å². The van der Waals surface area contributed by atoms with E-state index in [2.05, 4.69) is 4.98 Å². The molecule has 0 aromatic heterocycles. The molecule has 0 fully saturated rings. The average molecular weight is 525 g/mol. The number of fused-ring (bicyclic) bond motifs is 3. The summed E-state index contributed by atoms with van der Waals surface area (Å²) in [6, 6.07) is 3.97. The molecular formula is C26H25N2O10+. The molecule has 4 rings (SSSR count). The molecule has 0 unspecified atom stereocenters. The van der Waals surface area contributed by atoms with E-state index in [0.29, 0.717) is 0 Å². The molecule has 3 aliphatic rings. The molecule has 12 heteroatoms. The zero-order valence-corrected chi connectivity index (χ0v) is 21.1. The van der Waals surface area contributed by atoms with Crippen molar-refractivity contribution < 1.29 is 48.7 Å². The van der Waals surface area contributed by atoms with Crippen LogP contribution in [0.1, 0.15) is 50.5 Å². The smallest absolute Gasteiger partial charge is 0.404 e. The molecule has 38 heavy (non-hydrogen) atoms. The van der Waals surface area contributed by atoms with E-state index in [-0.39, 0.29) is 27.8 Å². The van der Waals surface area contributed by atoms with Crippen LogP contribution in [0.4, 0.5) is 0 Å². The first-order chi connectivity index (χ1) is 17.8. The van der Waals surface area contributed by atoms with Gasteiger partial charge in [0.05, 0.1) is 17.1 Å². The number of esters is 3. The highest BCUT2D eigenvalue weighted by atomic mass is 16.6. The maximum absolute atomic E-state index is 13.6. The van der Waals surface area contributed by atoms with E-state index >= 15 is 0 Å². The Bertz CT molecular complexity index is 1440. The van der Waals surface area contributed by atoms with Crippen LogP contribution in [-0.4, -0.2) is 62.9 Å². The third-order valence-corrected chi connectivity index (χ3v) is 6.69. The third kappa shape index (κ3) is 3.74. The molecule has 0 radical (unpaired) electrons.